The summed E-state index contributed by atoms with van der Waals surface area (Å²) in [5.74, 6) is 1.69. The van der Waals surface area contributed by atoms with Gasteiger partial charge >= 0.3 is 0 Å². The highest BCUT2D eigenvalue weighted by Gasteiger charge is 2.53. The van der Waals surface area contributed by atoms with Crippen LogP contribution in [0, 0.1) is 23.6 Å². The number of nitrogens with one attached hydrogen (secondary N) is 2. The Labute approximate surface area is 195 Å². The molecule has 6 rings (SSSR count). The number of anilines is 2. The quantitative estimate of drug-likeness (QED) is 0.409. The van der Waals surface area contributed by atoms with Crippen molar-refractivity contribution in [3.63, 3.8) is 0 Å². The van der Waals surface area contributed by atoms with Crippen LogP contribution in [0.2, 0.25) is 0 Å². The number of amides is 1. The molecule has 3 aromatic carbocycles. The maximum absolute atomic E-state index is 14.2. The number of hydrogen-bond donors (Lipinski definition) is 2. The van der Waals surface area contributed by atoms with E-state index in [4.69, 9.17) is 0 Å². The third-order valence-corrected chi connectivity index (χ3v) is 8.18. The minimum Gasteiger partial charge on any atom is -0.378 e. The molecule has 2 aliphatic carbocycles. The lowest BCUT2D eigenvalue weighted by atomic mass is 9.68. The van der Waals surface area contributed by atoms with Gasteiger partial charge in [-0.1, -0.05) is 46.3 Å². The van der Waals surface area contributed by atoms with Gasteiger partial charge in [0.2, 0.25) is 0 Å². The van der Waals surface area contributed by atoms with Crippen molar-refractivity contribution < 1.29 is 9.18 Å². The number of carbonyl (C=O) groups excluding carboxylic acids is 1. The van der Waals surface area contributed by atoms with E-state index in [-0.39, 0.29) is 11.6 Å². The number of benzene rings is 3. The fourth-order valence-electron chi connectivity index (χ4n) is 6.40. The molecule has 32 heavy (non-hydrogen) atoms. The van der Waals surface area contributed by atoms with Crippen LogP contribution in [0.25, 0.3) is 0 Å². The Kier molecular flexibility index (Phi) is 4.83. The molecule has 0 unspecified atom stereocenters. The lowest BCUT2D eigenvalue weighted by Gasteiger charge is -2.43. The van der Waals surface area contributed by atoms with Crippen molar-refractivity contribution in [2.75, 3.05) is 10.6 Å². The van der Waals surface area contributed by atoms with Gasteiger partial charge in [-0.05, 0) is 90.5 Å². The molecule has 0 radical (unpaired) electrons. The highest BCUT2D eigenvalue weighted by molar-refractivity contribution is 9.10. The first-order valence-electron chi connectivity index (χ1n) is 11.3. The maximum Gasteiger partial charge on any atom is 0.255 e. The van der Waals surface area contributed by atoms with Crippen LogP contribution in [0.4, 0.5) is 15.8 Å². The number of halogens is 2. The number of rotatable bonds is 3. The molecule has 2 fully saturated rings. The van der Waals surface area contributed by atoms with Crippen molar-refractivity contribution in [2.45, 2.75) is 31.2 Å². The summed E-state index contributed by atoms with van der Waals surface area (Å²) in [5.41, 5.74) is 4.48. The van der Waals surface area contributed by atoms with E-state index in [1.54, 1.807) is 12.1 Å². The van der Waals surface area contributed by atoms with Gasteiger partial charge in [-0.15, -0.1) is 0 Å². The molecular formula is C27H24BrFN2O. The molecule has 1 amide bonds. The average Bonchev–Trinajstić information content (AvgIpc) is 3.43. The summed E-state index contributed by atoms with van der Waals surface area (Å²) in [7, 11) is 0. The molecule has 5 atom stereocenters. The lowest BCUT2D eigenvalue weighted by molar-refractivity contribution is 0.102. The summed E-state index contributed by atoms with van der Waals surface area (Å²) >= 11 is 3.25. The second kappa shape index (κ2) is 7.73. The summed E-state index contributed by atoms with van der Waals surface area (Å²) in [6.45, 7) is 0. The monoisotopic (exact) mass is 490 g/mol. The minimum atomic E-state index is -0.453. The fourth-order valence-corrected chi connectivity index (χ4v) is 6.74. The van der Waals surface area contributed by atoms with E-state index in [9.17, 15) is 9.18 Å². The van der Waals surface area contributed by atoms with Crippen LogP contribution in [-0.4, -0.2) is 5.91 Å². The summed E-state index contributed by atoms with van der Waals surface area (Å²) in [5, 5.41) is 6.54. The first-order chi connectivity index (χ1) is 15.6. The highest BCUT2D eigenvalue weighted by Crippen LogP contribution is 2.63. The van der Waals surface area contributed by atoms with Crippen LogP contribution in [-0.2, 0) is 0 Å². The van der Waals surface area contributed by atoms with Gasteiger partial charge in [0.15, 0.2) is 0 Å². The van der Waals surface area contributed by atoms with Crippen LogP contribution in [0.5, 0.6) is 0 Å². The molecule has 0 aromatic heterocycles. The van der Waals surface area contributed by atoms with Crippen LogP contribution in [0.15, 0.2) is 71.2 Å². The van der Waals surface area contributed by atoms with Crippen molar-refractivity contribution in [1.82, 2.24) is 0 Å². The molecule has 0 spiro atoms. The molecule has 162 valence electrons. The molecule has 2 bridgehead atoms. The first kappa shape index (κ1) is 20.0. The van der Waals surface area contributed by atoms with Crippen molar-refractivity contribution >= 4 is 33.2 Å². The Morgan fingerprint density at radius 1 is 1.00 bits per heavy atom. The van der Waals surface area contributed by atoms with Crippen LogP contribution in [0.3, 0.4) is 0 Å². The molecule has 2 N–H and O–H groups in total. The Morgan fingerprint density at radius 3 is 2.62 bits per heavy atom. The Bertz CT molecular complexity index is 1200. The van der Waals surface area contributed by atoms with Gasteiger partial charge in [-0.3, -0.25) is 4.79 Å². The van der Waals surface area contributed by atoms with E-state index in [1.807, 2.05) is 18.2 Å². The third-order valence-electron chi connectivity index (χ3n) is 7.69. The van der Waals surface area contributed by atoms with Gasteiger partial charge < -0.3 is 10.6 Å². The first-order valence-corrected chi connectivity index (χ1v) is 12.1. The summed E-state index contributed by atoms with van der Waals surface area (Å²) in [4.78, 5) is 13.0. The van der Waals surface area contributed by atoms with E-state index in [2.05, 4.69) is 56.9 Å². The number of hydrogen-bond acceptors (Lipinski definition) is 2. The maximum atomic E-state index is 14.2. The zero-order chi connectivity index (χ0) is 21.8. The Morgan fingerprint density at radius 2 is 1.81 bits per heavy atom. The van der Waals surface area contributed by atoms with Crippen LogP contribution < -0.4 is 10.6 Å². The summed E-state index contributed by atoms with van der Waals surface area (Å²) in [6.07, 6.45) is 3.85. The smallest absolute Gasteiger partial charge is 0.255 e. The van der Waals surface area contributed by atoms with Crippen molar-refractivity contribution in [3.8, 4) is 0 Å². The van der Waals surface area contributed by atoms with Crippen molar-refractivity contribution in [1.29, 1.82) is 0 Å². The SMILES string of the molecule is O=C(Nc1ccc(Br)cc1F)c1ccc2c(c1)[C@@H]1[C@H]3CC[C@@H](C3)[C@H]1[C@H](c1ccccc1)N2. The molecule has 3 nitrogen and oxygen atoms in total. The van der Waals surface area contributed by atoms with E-state index < -0.39 is 5.82 Å². The second-order valence-corrected chi connectivity index (χ2v) is 10.3. The number of fused-ring (bicyclic) bond motifs is 7. The molecular weight excluding hydrogens is 467 g/mol. The fraction of sp³-hybridized carbons (Fsp3) is 0.296. The molecule has 1 heterocycles. The lowest BCUT2D eigenvalue weighted by Crippen LogP contribution is -2.35. The standard InChI is InChI=1S/C27H24BrFN2O/c28-19-9-11-23(21(29)14-19)31-27(32)18-8-10-22-20(13-18)24-16-6-7-17(12-16)25(24)26(30-22)15-4-2-1-3-5-15/h1-5,8-11,13-14,16-17,24-26,30H,6-7,12H2,(H,31,32)/t16-,17-,24-,25+,26-/m0/s1. The van der Waals surface area contributed by atoms with Gasteiger partial charge in [0, 0.05) is 15.7 Å². The normalized spacial score (nSPS) is 27.4. The van der Waals surface area contributed by atoms with Crippen LogP contribution >= 0.6 is 15.9 Å². The number of carbonyl (C=O) groups is 1. The molecule has 3 aliphatic rings. The second-order valence-electron chi connectivity index (χ2n) is 9.35. The molecule has 3 aromatic rings. The third kappa shape index (κ3) is 3.25. The topological polar surface area (TPSA) is 41.1 Å². The predicted molar refractivity (Wildman–Crippen MR) is 128 cm³/mol. The largest absolute Gasteiger partial charge is 0.378 e. The highest BCUT2D eigenvalue weighted by atomic mass is 79.9. The summed E-state index contributed by atoms with van der Waals surface area (Å²) < 4.78 is 14.9. The molecule has 2 saturated carbocycles. The minimum absolute atomic E-state index is 0.191. The molecule has 0 saturated heterocycles. The molecule has 5 heteroatoms. The Hall–Kier alpha value is -2.66. The van der Waals surface area contributed by atoms with E-state index in [1.165, 1.54) is 36.5 Å². The van der Waals surface area contributed by atoms with E-state index in [0.29, 0.717) is 33.8 Å². The van der Waals surface area contributed by atoms with Gasteiger partial charge in [-0.2, -0.15) is 0 Å². The zero-order valence-corrected chi connectivity index (χ0v) is 19.1. The Balaban J connectivity index is 1.34. The van der Waals surface area contributed by atoms with E-state index >= 15 is 0 Å². The van der Waals surface area contributed by atoms with Gasteiger partial charge in [0.1, 0.15) is 5.82 Å². The van der Waals surface area contributed by atoms with Crippen LogP contribution in [0.1, 0.15) is 52.7 Å². The zero-order valence-electron chi connectivity index (χ0n) is 17.5. The van der Waals surface area contributed by atoms with Gasteiger partial charge in [-0.25, -0.2) is 4.39 Å². The van der Waals surface area contributed by atoms with Crippen molar-refractivity contribution in [3.05, 3.63) is 93.7 Å². The average molecular weight is 491 g/mol. The molecule has 1 aliphatic heterocycles. The van der Waals surface area contributed by atoms with Gasteiger partial charge in [0.05, 0.1) is 11.7 Å². The van der Waals surface area contributed by atoms with Crippen molar-refractivity contribution in [2.24, 2.45) is 17.8 Å². The summed E-state index contributed by atoms with van der Waals surface area (Å²) in [6, 6.07) is 21.6. The predicted octanol–water partition coefficient (Wildman–Crippen LogP) is 7.14. The van der Waals surface area contributed by atoms with Gasteiger partial charge in [0.25, 0.3) is 5.91 Å². The van der Waals surface area contributed by atoms with E-state index in [0.717, 1.165) is 11.6 Å².